The smallest absolute Gasteiger partial charge is 0.340 e. The Bertz CT molecular complexity index is 1270. The fourth-order valence-electron chi connectivity index (χ4n) is 4.40. The average Bonchev–Trinajstić information content (AvgIpc) is 3.25. The number of carbonyl (C=O) groups excluding carboxylic acids is 1. The number of halogens is 1. The van der Waals surface area contributed by atoms with Gasteiger partial charge < -0.3 is 30.0 Å². The van der Waals surface area contributed by atoms with Gasteiger partial charge in [0.15, 0.2) is 0 Å². The molecule has 0 radical (unpaired) electrons. The second-order valence-electron chi connectivity index (χ2n) is 9.89. The van der Waals surface area contributed by atoms with Crippen LogP contribution in [0.25, 0.3) is 22.0 Å². The molecule has 0 aliphatic carbocycles. The summed E-state index contributed by atoms with van der Waals surface area (Å²) in [5.74, 6) is 0.918. The molecule has 3 N–H and O–H groups in total. The number of H-pyrrole nitrogens is 1. The molecule has 36 heavy (non-hydrogen) atoms. The first-order valence-corrected chi connectivity index (χ1v) is 12.5. The van der Waals surface area contributed by atoms with Crippen molar-refractivity contribution in [2.24, 2.45) is 5.73 Å². The van der Waals surface area contributed by atoms with E-state index in [2.05, 4.69) is 21.4 Å². The van der Waals surface area contributed by atoms with E-state index in [1.165, 1.54) is 0 Å². The Morgan fingerprint density at radius 2 is 1.92 bits per heavy atom. The average molecular weight is 512 g/mol. The lowest BCUT2D eigenvalue weighted by Gasteiger charge is -2.37. The number of ether oxygens (including phenoxy) is 2. The highest BCUT2D eigenvalue weighted by Crippen LogP contribution is 2.38. The molecule has 192 valence electrons. The number of pyridine rings is 1. The maximum atomic E-state index is 12.8. The van der Waals surface area contributed by atoms with Crippen molar-refractivity contribution < 1.29 is 14.3 Å². The maximum Gasteiger partial charge on any atom is 0.340 e. The van der Waals surface area contributed by atoms with Crippen molar-refractivity contribution >= 4 is 34.3 Å². The Kier molecular flexibility index (Phi) is 7.47. The van der Waals surface area contributed by atoms with Crippen LogP contribution in [-0.2, 0) is 4.74 Å². The minimum absolute atomic E-state index is 0.393. The highest BCUT2D eigenvalue weighted by Gasteiger charge is 2.24. The number of aromatic nitrogens is 2. The molecule has 1 aliphatic heterocycles. The zero-order valence-electron chi connectivity index (χ0n) is 21.4. The van der Waals surface area contributed by atoms with Crippen molar-refractivity contribution in [3.05, 3.63) is 53.3 Å². The maximum absolute atomic E-state index is 12.8. The number of nitrogens with zero attached hydrogens (tertiary/aromatic N) is 3. The fraction of sp³-hybridized carbons (Fsp3) is 0.407. The van der Waals surface area contributed by atoms with Crippen LogP contribution >= 0.6 is 11.6 Å². The van der Waals surface area contributed by atoms with Crippen LogP contribution < -0.4 is 15.4 Å². The molecule has 0 bridgehead atoms. The molecule has 0 amide bonds. The molecule has 3 aromatic rings. The Balaban J connectivity index is 1.62. The quantitative estimate of drug-likeness (QED) is 0.438. The zero-order chi connectivity index (χ0) is 26.0. The lowest BCUT2D eigenvalue weighted by atomic mass is 10.0. The fourth-order valence-corrected chi connectivity index (χ4v) is 4.66. The van der Waals surface area contributed by atoms with Crippen LogP contribution in [0, 0.1) is 0 Å². The van der Waals surface area contributed by atoms with E-state index >= 15 is 0 Å². The van der Waals surface area contributed by atoms with E-state index in [9.17, 15) is 4.79 Å². The van der Waals surface area contributed by atoms with Gasteiger partial charge in [0.2, 0.25) is 5.88 Å². The molecule has 1 saturated heterocycles. The first-order chi connectivity index (χ1) is 17.1. The zero-order valence-corrected chi connectivity index (χ0v) is 22.1. The largest absolute Gasteiger partial charge is 0.480 e. The first-order valence-electron chi connectivity index (χ1n) is 12.1. The van der Waals surface area contributed by atoms with Crippen LogP contribution in [0.3, 0.4) is 0 Å². The SMILES string of the molecule is C=C(CCN)N1CCN(c2ccc(-c3cc4c(C(=O)OC(C)(C)C)c[nH]c4cc3Cl)c(OC)n2)CC1. The molecule has 0 saturated carbocycles. The lowest BCUT2D eigenvalue weighted by molar-refractivity contribution is 0.00719. The Morgan fingerprint density at radius 3 is 2.56 bits per heavy atom. The van der Waals surface area contributed by atoms with E-state index in [1.807, 2.05) is 39.0 Å². The van der Waals surface area contributed by atoms with Crippen LogP contribution in [0.2, 0.25) is 5.02 Å². The molecular formula is C27H34ClN5O3. The molecule has 1 aliphatic rings. The number of rotatable bonds is 7. The number of hydrogen-bond donors (Lipinski definition) is 2. The minimum atomic E-state index is -0.595. The second kappa shape index (κ2) is 10.4. The second-order valence-corrected chi connectivity index (χ2v) is 10.3. The number of nitrogens with two attached hydrogens (primary N) is 1. The molecule has 9 heteroatoms. The summed E-state index contributed by atoms with van der Waals surface area (Å²) in [6.07, 6.45) is 2.46. The van der Waals surface area contributed by atoms with E-state index in [0.29, 0.717) is 23.0 Å². The standard InChI is InChI=1S/C27H34ClN5O3/c1-17(8-9-29)32-10-12-33(13-11-32)24-7-6-18(25(31-24)35-5)19-14-20-21(26(34)36-27(2,3)4)16-30-23(20)15-22(19)28/h6-7,14-16,30H,1,8-13,29H2,2-5H3. The highest BCUT2D eigenvalue weighted by molar-refractivity contribution is 6.34. The van der Waals surface area contributed by atoms with Gasteiger partial charge in [-0.2, -0.15) is 4.98 Å². The topological polar surface area (TPSA) is 96.7 Å². The summed E-state index contributed by atoms with van der Waals surface area (Å²) in [5, 5.41) is 1.25. The van der Waals surface area contributed by atoms with Crippen LogP contribution in [0.5, 0.6) is 5.88 Å². The monoisotopic (exact) mass is 511 g/mol. The number of nitrogens with one attached hydrogen (secondary N) is 1. The van der Waals surface area contributed by atoms with Gasteiger partial charge in [-0.05, 0) is 58.0 Å². The predicted octanol–water partition coefficient (Wildman–Crippen LogP) is 4.83. The molecule has 3 heterocycles. The van der Waals surface area contributed by atoms with Gasteiger partial charge in [0.05, 0.1) is 17.7 Å². The van der Waals surface area contributed by atoms with Gasteiger partial charge in [0.1, 0.15) is 11.4 Å². The van der Waals surface area contributed by atoms with Gasteiger partial charge in [-0.15, -0.1) is 0 Å². The van der Waals surface area contributed by atoms with Crippen LogP contribution in [0.4, 0.5) is 5.82 Å². The van der Waals surface area contributed by atoms with Gasteiger partial charge in [-0.3, -0.25) is 0 Å². The number of benzene rings is 1. The van der Waals surface area contributed by atoms with Crippen molar-refractivity contribution in [1.82, 2.24) is 14.9 Å². The molecular weight excluding hydrogens is 478 g/mol. The van der Waals surface area contributed by atoms with Gasteiger partial charge in [-0.1, -0.05) is 18.2 Å². The summed E-state index contributed by atoms with van der Waals surface area (Å²) >= 11 is 6.67. The van der Waals surface area contributed by atoms with Crippen molar-refractivity contribution in [3.63, 3.8) is 0 Å². The third-order valence-corrected chi connectivity index (χ3v) is 6.51. The minimum Gasteiger partial charge on any atom is -0.480 e. The number of carbonyl (C=O) groups is 1. The van der Waals surface area contributed by atoms with E-state index < -0.39 is 11.6 Å². The Labute approximate surface area is 217 Å². The first kappa shape index (κ1) is 25.9. The van der Waals surface area contributed by atoms with Crippen LogP contribution in [-0.4, -0.2) is 66.3 Å². The number of aromatic amines is 1. The number of anilines is 1. The molecule has 1 fully saturated rings. The molecule has 8 nitrogen and oxygen atoms in total. The summed E-state index contributed by atoms with van der Waals surface area (Å²) in [6, 6.07) is 7.64. The van der Waals surface area contributed by atoms with E-state index in [4.69, 9.17) is 31.8 Å². The number of methoxy groups -OCH3 is 1. The van der Waals surface area contributed by atoms with E-state index in [0.717, 1.165) is 66.1 Å². The summed E-state index contributed by atoms with van der Waals surface area (Å²) in [6.45, 7) is 13.7. The summed E-state index contributed by atoms with van der Waals surface area (Å²) < 4.78 is 11.3. The summed E-state index contributed by atoms with van der Waals surface area (Å²) in [5.41, 5.74) is 8.85. The van der Waals surface area contributed by atoms with Gasteiger partial charge in [0, 0.05) is 60.1 Å². The highest BCUT2D eigenvalue weighted by atomic mass is 35.5. The molecule has 0 spiro atoms. The number of piperazine rings is 1. The van der Waals surface area contributed by atoms with E-state index in [-0.39, 0.29) is 0 Å². The molecule has 0 unspecified atom stereocenters. The normalized spacial score (nSPS) is 14.3. The van der Waals surface area contributed by atoms with Crippen molar-refractivity contribution in [1.29, 1.82) is 0 Å². The van der Waals surface area contributed by atoms with Gasteiger partial charge >= 0.3 is 5.97 Å². The van der Waals surface area contributed by atoms with Crippen molar-refractivity contribution in [2.45, 2.75) is 32.8 Å². The van der Waals surface area contributed by atoms with Crippen LogP contribution in [0.15, 0.2) is 42.7 Å². The number of fused-ring (bicyclic) bond motifs is 1. The molecule has 2 aromatic heterocycles. The molecule has 0 atom stereocenters. The molecule has 1 aromatic carbocycles. The lowest BCUT2D eigenvalue weighted by Crippen LogP contribution is -2.46. The third kappa shape index (κ3) is 5.44. The number of esters is 1. The third-order valence-electron chi connectivity index (χ3n) is 6.20. The van der Waals surface area contributed by atoms with Gasteiger partial charge in [-0.25, -0.2) is 4.79 Å². The Morgan fingerprint density at radius 1 is 1.19 bits per heavy atom. The van der Waals surface area contributed by atoms with Crippen molar-refractivity contribution in [2.75, 3.05) is 44.7 Å². The Hall–Kier alpha value is -3.23. The van der Waals surface area contributed by atoms with Crippen molar-refractivity contribution in [3.8, 4) is 17.0 Å². The van der Waals surface area contributed by atoms with Gasteiger partial charge in [0.25, 0.3) is 0 Å². The summed E-state index contributed by atoms with van der Waals surface area (Å²) in [4.78, 5) is 25.2. The number of hydrogen-bond acceptors (Lipinski definition) is 7. The molecule has 4 rings (SSSR count). The predicted molar refractivity (Wildman–Crippen MR) is 145 cm³/mol. The van der Waals surface area contributed by atoms with Crippen LogP contribution in [0.1, 0.15) is 37.6 Å². The van der Waals surface area contributed by atoms with E-state index in [1.54, 1.807) is 19.4 Å². The summed E-state index contributed by atoms with van der Waals surface area (Å²) in [7, 11) is 1.60.